The second-order valence-electron chi connectivity index (χ2n) is 5.28. The number of amides is 1. The van der Waals surface area contributed by atoms with Crippen molar-refractivity contribution in [3.8, 4) is 11.3 Å². The molecular weight excluding hydrogens is 365 g/mol. The molecule has 7 nitrogen and oxygen atoms in total. The smallest absolute Gasteiger partial charge is 0.269 e. The van der Waals surface area contributed by atoms with Crippen molar-refractivity contribution in [2.75, 3.05) is 0 Å². The van der Waals surface area contributed by atoms with Crippen molar-refractivity contribution >= 4 is 23.2 Å². The van der Waals surface area contributed by atoms with Gasteiger partial charge in [-0.3, -0.25) is 14.9 Å². The average molecular weight is 376 g/mol. The van der Waals surface area contributed by atoms with Crippen LogP contribution in [0.1, 0.15) is 15.9 Å². The van der Waals surface area contributed by atoms with Crippen molar-refractivity contribution in [3.05, 3.63) is 80.8 Å². The number of hydrogen-bond acceptors (Lipinski definition) is 5. The van der Waals surface area contributed by atoms with Gasteiger partial charge in [-0.1, -0.05) is 35.0 Å². The molecule has 26 heavy (non-hydrogen) atoms. The molecule has 0 bridgehead atoms. The van der Waals surface area contributed by atoms with Crippen molar-refractivity contribution in [1.29, 1.82) is 0 Å². The maximum atomic E-state index is 14.1. The largest absolute Gasteiger partial charge is 0.363 e. The van der Waals surface area contributed by atoms with Crippen LogP contribution in [0.3, 0.4) is 0 Å². The number of non-ortho nitro benzene ring substituents is 1. The van der Waals surface area contributed by atoms with Crippen LogP contribution in [0.5, 0.6) is 0 Å². The Labute approximate surface area is 151 Å². The summed E-state index contributed by atoms with van der Waals surface area (Å²) in [6.45, 7) is 0.0378. The van der Waals surface area contributed by atoms with E-state index in [-0.39, 0.29) is 34.1 Å². The van der Waals surface area contributed by atoms with Gasteiger partial charge in [-0.2, -0.15) is 0 Å². The number of nitro groups is 1. The van der Waals surface area contributed by atoms with Crippen LogP contribution in [0.2, 0.25) is 5.02 Å². The fourth-order valence-corrected chi connectivity index (χ4v) is 2.61. The molecule has 2 aromatic carbocycles. The van der Waals surface area contributed by atoms with Crippen molar-refractivity contribution in [3.63, 3.8) is 0 Å². The summed E-state index contributed by atoms with van der Waals surface area (Å²) < 4.78 is 18.9. The topological polar surface area (TPSA) is 98.3 Å². The minimum absolute atomic E-state index is 0.00225. The predicted octanol–water partition coefficient (Wildman–Crippen LogP) is 3.97. The van der Waals surface area contributed by atoms with E-state index in [1.54, 1.807) is 6.07 Å². The number of nitro benzene ring substituents is 1. The Morgan fingerprint density at radius 2 is 2.08 bits per heavy atom. The number of carbonyl (C=O) groups excluding carboxylic acids is 1. The van der Waals surface area contributed by atoms with Crippen molar-refractivity contribution in [2.45, 2.75) is 6.54 Å². The molecule has 0 spiro atoms. The Kier molecular flexibility index (Phi) is 4.94. The van der Waals surface area contributed by atoms with Crippen molar-refractivity contribution < 1.29 is 18.6 Å². The average Bonchev–Trinajstić information content (AvgIpc) is 3.09. The van der Waals surface area contributed by atoms with E-state index in [4.69, 9.17) is 16.1 Å². The quantitative estimate of drug-likeness (QED) is 0.537. The third-order valence-electron chi connectivity index (χ3n) is 3.59. The van der Waals surface area contributed by atoms with Gasteiger partial charge in [0.05, 0.1) is 15.5 Å². The molecule has 0 aliphatic carbocycles. The van der Waals surface area contributed by atoms with Crippen LogP contribution >= 0.6 is 11.6 Å². The first-order valence-corrected chi connectivity index (χ1v) is 7.75. The highest BCUT2D eigenvalue weighted by atomic mass is 35.5. The molecule has 9 heteroatoms. The lowest BCUT2D eigenvalue weighted by Gasteiger charge is -2.07. The van der Waals surface area contributed by atoms with E-state index >= 15 is 0 Å². The summed E-state index contributed by atoms with van der Waals surface area (Å²) in [4.78, 5) is 22.7. The number of carbonyl (C=O) groups is 1. The molecule has 0 fully saturated rings. The molecule has 0 saturated carbocycles. The minimum Gasteiger partial charge on any atom is -0.363 e. The van der Waals surface area contributed by atoms with Gasteiger partial charge in [-0.15, -0.1) is 0 Å². The number of halogens is 2. The number of nitrogens with one attached hydrogen (secondary N) is 1. The number of nitrogens with zero attached hydrogens (tertiary/aromatic N) is 2. The third kappa shape index (κ3) is 3.55. The molecule has 1 N–H and O–H groups in total. The van der Waals surface area contributed by atoms with Crippen LogP contribution in [0.4, 0.5) is 10.1 Å². The molecule has 1 heterocycles. The summed E-state index contributed by atoms with van der Waals surface area (Å²) in [5, 5.41) is 17.1. The molecule has 0 aliphatic heterocycles. The van der Waals surface area contributed by atoms with E-state index in [1.165, 1.54) is 36.4 Å². The molecule has 3 aromatic rings. The summed E-state index contributed by atoms with van der Waals surface area (Å²) in [5.41, 5.74) is 0.394. The van der Waals surface area contributed by atoms with Gasteiger partial charge in [0.1, 0.15) is 23.3 Å². The van der Waals surface area contributed by atoms with Gasteiger partial charge >= 0.3 is 0 Å². The molecule has 0 unspecified atom stereocenters. The van der Waals surface area contributed by atoms with E-state index in [2.05, 4.69) is 10.5 Å². The summed E-state index contributed by atoms with van der Waals surface area (Å²) >= 11 is 6.00. The molecule has 1 amide bonds. The van der Waals surface area contributed by atoms with Crippen LogP contribution in [0.25, 0.3) is 11.3 Å². The highest BCUT2D eigenvalue weighted by molar-refractivity contribution is 6.33. The van der Waals surface area contributed by atoms with Gasteiger partial charge in [-0.25, -0.2) is 4.39 Å². The standard InChI is InChI=1S/C17H11ClFN3O4/c18-13-5-2-6-14(19)15(13)16-12(9-26-21-16)17(23)20-8-10-3-1-4-11(7-10)22(24)25/h1-7,9H,8H2,(H,20,23). The lowest BCUT2D eigenvalue weighted by molar-refractivity contribution is -0.384. The van der Waals surface area contributed by atoms with Crippen molar-refractivity contribution in [1.82, 2.24) is 10.5 Å². The van der Waals surface area contributed by atoms with Gasteiger partial charge in [-0.05, 0) is 17.7 Å². The normalized spacial score (nSPS) is 10.5. The van der Waals surface area contributed by atoms with Crippen LogP contribution in [-0.2, 0) is 6.54 Å². The van der Waals surface area contributed by atoms with Crippen LogP contribution in [-0.4, -0.2) is 16.0 Å². The van der Waals surface area contributed by atoms with Gasteiger partial charge < -0.3 is 9.84 Å². The molecule has 0 aliphatic rings. The lowest BCUT2D eigenvalue weighted by atomic mass is 10.1. The zero-order valence-electron chi connectivity index (χ0n) is 13.1. The zero-order chi connectivity index (χ0) is 18.7. The second kappa shape index (κ2) is 7.32. The number of benzene rings is 2. The highest BCUT2D eigenvalue weighted by Gasteiger charge is 2.22. The van der Waals surface area contributed by atoms with Crippen LogP contribution in [0, 0.1) is 15.9 Å². The Morgan fingerprint density at radius 1 is 1.31 bits per heavy atom. The zero-order valence-corrected chi connectivity index (χ0v) is 13.9. The van der Waals surface area contributed by atoms with E-state index in [0.29, 0.717) is 5.56 Å². The lowest BCUT2D eigenvalue weighted by Crippen LogP contribution is -2.23. The molecule has 0 saturated heterocycles. The first-order valence-electron chi connectivity index (χ1n) is 7.37. The number of rotatable bonds is 5. The van der Waals surface area contributed by atoms with Gasteiger partial charge in [0.2, 0.25) is 0 Å². The Hall–Kier alpha value is -3.26. The SMILES string of the molecule is O=C(NCc1cccc([N+](=O)[O-])c1)c1conc1-c1c(F)cccc1Cl. The van der Waals surface area contributed by atoms with Crippen molar-refractivity contribution in [2.24, 2.45) is 0 Å². The number of aromatic nitrogens is 1. The monoisotopic (exact) mass is 375 g/mol. The summed E-state index contributed by atoms with van der Waals surface area (Å²) in [6, 6.07) is 9.95. The highest BCUT2D eigenvalue weighted by Crippen LogP contribution is 2.31. The van der Waals surface area contributed by atoms with E-state index in [9.17, 15) is 19.3 Å². The molecule has 0 radical (unpaired) electrons. The van der Waals surface area contributed by atoms with E-state index in [0.717, 1.165) is 6.26 Å². The number of hydrogen-bond donors (Lipinski definition) is 1. The third-order valence-corrected chi connectivity index (χ3v) is 3.90. The summed E-state index contributed by atoms with van der Waals surface area (Å²) in [6.07, 6.45) is 1.08. The van der Waals surface area contributed by atoms with Crippen LogP contribution in [0.15, 0.2) is 53.3 Å². The summed E-state index contributed by atoms with van der Waals surface area (Å²) in [5.74, 6) is -1.22. The Morgan fingerprint density at radius 3 is 2.81 bits per heavy atom. The van der Waals surface area contributed by atoms with E-state index in [1.807, 2.05) is 0 Å². The first kappa shape index (κ1) is 17.6. The maximum absolute atomic E-state index is 14.1. The fourth-order valence-electron chi connectivity index (χ4n) is 2.36. The summed E-state index contributed by atoms with van der Waals surface area (Å²) in [7, 11) is 0. The maximum Gasteiger partial charge on any atom is 0.269 e. The Bertz CT molecular complexity index is 969. The van der Waals surface area contributed by atoms with Gasteiger partial charge in [0, 0.05) is 18.7 Å². The molecule has 0 atom stereocenters. The molecular formula is C17H11ClFN3O4. The van der Waals surface area contributed by atoms with Gasteiger partial charge in [0.25, 0.3) is 11.6 Å². The molecule has 132 valence electrons. The second-order valence-corrected chi connectivity index (χ2v) is 5.69. The predicted molar refractivity (Wildman–Crippen MR) is 91.2 cm³/mol. The molecule has 1 aromatic heterocycles. The first-order chi connectivity index (χ1) is 12.5. The van der Waals surface area contributed by atoms with Gasteiger partial charge in [0.15, 0.2) is 0 Å². The minimum atomic E-state index is -0.640. The Balaban J connectivity index is 1.81. The molecule has 3 rings (SSSR count). The fraction of sp³-hybridized carbons (Fsp3) is 0.0588. The van der Waals surface area contributed by atoms with Crippen LogP contribution < -0.4 is 5.32 Å². The van der Waals surface area contributed by atoms with E-state index < -0.39 is 16.6 Å².